The number of rotatable bonds is 23. The third kappa shape index (κ3) is 11.3. The Hall–Kier alpha value is -1.87. The molecule has 8 nitrogen and oxygen atoms in total. The van der Waals surface area contributed by atoms with E-state index in [4.69, 9.17) is 28.4 Å². The number of allylic oxidation sites excluding steroid dienone is 1. The predicted octanol–water partition coefficient (Wildman–Crippen LogP) is 4.13. The number of hydrogen-bond acceptors (Lipinski definition) is 7. The molecule has 250 valence electrons. The Kier molecular flexibility index (Phi) is 17.3. The molecule has 0 atom stereocenters. The van der Waals surface area contributed by atoms with E-state index in [0.29, 0.717) is 4.90 Å². The number of ether oxygens (including phenoxy) is 6. The van der Waals surface area contributed by atoms with Crippen molar-refractivity contribution in [2.45, 2.75) is 29.9 Å². The first-order valence-corrected chi connectivity index (χ1v) is 11.9. The van der Waals surface area contributed by atoms with E-state index in [-0.39, 0.29) is 66.1 Å². The monoisotopic (exact) mass is 649 g/mol. The van der Waals surface area contributed by atoms with E-state index in [9.17, 15) is 57.5 Å². The molecule has 0 aliphatic heterocycles. The number of carbonyl (C=O) groups is 1. The maximum atomic E-state index is 14.1. The van der Waals surface area contributed by atoms with Crippen molar-refractivity contribution in [1.82, 2.24) is 4.90 Å². The zero-order chi connectivity index (χ0) is 32.7. The van der Waals surface area contributed by atoms with Crippen LogP contribution in [0.5, 0.6) is 0 Å². The maximum Gasteiger partial charge on any atom is 0.460 e. The van der Waals surface area contributed by atoms with E-state index in [1.807, 2.05) is 0 Å². The van der Waals surface area contributed by atoms with Gasteiger partial charge in [0.25, 0.3) is 0 Å². The minimum absolute atomic E-state index is 0.0378. The normalized spacial score (nSPS) is 14.0. The van der Waals surface area contributed by atoms with Crippen LogP contribution in [0.4, 0.5) is 52.7 Å². The zero-order valence-electron chi connectivity index (χ0n) is 22.4. The largest absolute Gasteiger partial charge is 0.460 e. The molecule has 0 saturated carbocycles. The van der Waals surface area contributed by atoms with Gasteiger partial charge in [-0.2, -0.15) is 48.3 Å². The Bertz CT molecular complexity index is 793. The van der Waals surface area contributed by atoms with Gasteiger partial charge in [0.05, 0.1) is 66.1 Å². The summed E-state index contributed by atoms with van der Waals surface area (Å²) in [6.45, 7) is -0.974. The Balaban J connectivity index is 5.58. The van der Waals surface area contributed by atoms with Gasteiger partial charge in [0.1, 0.15) is 0 Å². The summed E-state index contributed by atoms with van der Waals surface area (Å²) in [5, 5.41) is 0. The second-order valence-corrected chi connectivity index (χ2v) is 8.05. The molecule has 42 heavy (non-hydrogen) atoms. The predicted molar refractivity (Wildman–Crippen MR) is 119 cm³/mol. The van der Waals surface area contributed by atoms with Crippen LogP contribution in [0.15, 0.2) is 11.9 Å². The van der Waals surface area contributed by atoms with Gasteiger partial charge in [-0.05, 0) is 0 Å². The molecule has 0 spiro atoms. The summed E-state index contributed by atoms with van der Waals surface area (Å²) in [6.07, 6.45) is -8.34. The first-order valence-electron chi connectivity index (χ1n) is 11.9. The fourth-order valence-corrected chi connectivity index (χ4v) is 2.62. The van der Waals surface area contributed by atoms with Crippen molar-refractivity contribution in [2.75, 3.05) is 93.4 Å². The SMILES string of the molecule is COCCOCCOCCN(CCOCCOCCOC)C(=O)/C=C(\F)C(F)(F)C(F)(F)C(F)(F)C(F)(F)C(F)(F)F. The second kappa shape index (κ2) is 18.1. The fraction of sp³-hybridized carbons (Fsp3) is 0.864. The van der Waals surface area contributed by atoms with Gasteiger partial charge in [-0.1, -0.05) is 0 Å². The second-order valence-electron chi connectivity index (χ2n) is 8.05. The third-order valence-corrected chi connectivity index (χ3v) is 5.02. The van der Waals surface area contributed by atoms with Crippen molar-refractivity contribution < 1.29 is 85.9 Å². The number of amides is 1. The van der Waals surface area contributed by atoms with Crippen LogP contribution in [0.1, 0.15) is 0 Å². The summed E-state index contributed by atoms with van der Waals surface area (Å²) < 4.78 is 189. The fourth-order valence-electron chi connectivity index (χ4n) is 2.62. The van der Waals surface area contributed by atoms with Gasteiger partial charge in [-0.15, -0.1) is 0 Å². The topological polar surface area (TPSA) is 75.7 Å². The standard InChI is InChI=1S/C22H31F12NO7/c1-37-7-9-41-13-11-39-5-3-35(4-6-40-12-14-42-10-8-38-2)17(36)15-16(23)18(24,25)19(26,27)20(28,29)21(30,31)22(32,33)34/h15H,3-14H2,1-2H3/b16-15-. The summed E-state index contributed by atoms with van der Waals surface area (Å²) >= 11 is 0. The third-order valence-electron chi connectivity index (χ3n) is 5.02. The van der Waals surface area contributed by atoms with Crippen molar-refractivity contribution in [3.05, 3.63) is 11.9 Å². The van der Waals surface area contributed by atoms with Crippen LogP contribution in [-0.2, 0) is 33.2 Å². The van der Waals surface area contributed by atoms with Crippen molar-refractivity contribution in [3.8, 4) is 0 Å². The van der Waals surface area contributed by atoms with E-state index in [2.05, 4.69) is 0 Å². The highest BCUT2D eigenvalue weighted by Gasteiger charge is 2.87. The highest BCUT2D eigenvalue weighted by atomic mass is 19.4. The van der Waals surface area contributed by atoms with Gasteiger partial charge >= 0.3 is 29.9 Å². The van der Waals surface area contributed by atoms with Crippen LogP contribution in [0, 0.1) is 0 Å². The summed E-state index contributed by atoms with van der Waals surface area (Å²) in [5.74, 6) is -35.7. The summed E-state index contributed by atoms with van der Waals surface area (Å²) in [7, 11) is 2.84. The molecule has 0 aliphatic rings. The number of alkyl halides is 11. The maximum absolute atomic E-state index is 14.1. The first-order chi connectivity index (χ1) is 19.3. The van der Waals surface area contributed by atoms with Crippen molar-refractivity contribution in [2.24, 2.45) is 0 Å². The molecule has 0 aliphatic carbocycles. The molecule has 0 aromatic rings. The molecule has 0 heterocycles. The van der Waals surface area contributed by atoms with Gasteiger partial charge in [-0.25, -0.2) is 4.39 Å². The molecule has 0 rings (SSSR count). The highest BCUT2D eigenvalue weighted by molar-refractivity contribution is 5.88. The summed E-state index contributed by atoms with van der Waals surface area (Å²) in [5.41, 5.74) is 0. The van der Waals surface area contributed by atoms with E-state index in [1.54, 1.807) is 0 Å². The van der Waals surface area contributed by atoms with Crippen LogP contribution in [-0.4, -0.2) is 134 Å². The lowest BCUT2D eigenvalue weighted by atomic mass is 9.97. The zero-order valence-corrected chi connectivity index (χ0v) is 22.4. The summed E-state index contributed by atoms with van der Waals surface area (Å²) in [6, 6.07) is 0. The average molecular weight is 649 g/mol. The molecule has 20 heteroatoms. The molecule has 0 bridgehead atoms. The van der Waals surface area contributed by atoms with Crippen molar-refractivity contribution >= 4 is 5.91 Å². The van der Waals surface area contributed by atoms with Gasteiger partial charge in [0.15, 0.2) is 5.83 Å². The van der Waals surface area contributed by atoms with Crippen LogP contribution >= 0.6 is 0 Å². The molecule has 0 aromatic heterocycles. The lowest BCUT2D eigenvalue weighted by molar-refractivity contribution is -0.419. The highest BCUT2D eigenvalue weighted by Crippen LogP contribution is 2.58. The number of carbonyl (C=O) groups excluding carboxylic acids is 1. The Morgan fingerprint density at radius 2 is 0.929 bits per heavy atom. The molecule has 0 unspecified atom stereocenters. The minimum atomic E-state index is -7.83. The van der Waals surface area contributed by atoms with Crippen LogP contribution in [0.3, 0.4) is 0 Å². The molecule has 0 aromatic carbocycles. The van der Waals surface area contributed by atoms with E-state index in [1.165, 1.54) is 14.2 Å². The molecule has 0 saturated heterocycles. The molecular formula is C22H31F12NO7. The van der Waals surface area contributed by atoms with E-state index in [0.717, 1.165) is 0 Å². The molecule has 0 N–H and O–H groups in total. The Morgan fingerprint density at radius 3 is 1.29 bits per heavy atom. The molecule has 0 radical (unpaired) electrons. The first kappa shape index (κ1) is 40.1. The van der Waals surface area contributed by atoms with Crippen molar-refractivity contribution in [3.63, 3.8) is 0 Å². The van der Waals surface area contributed by atoms with Crippen molar-refractivity contribution in [1.29, 1.82) is 0 Å². The van der Waals surface area contributed by atoms with Gasteiger partial charge < -0.3 is 33.3 Å². The van der Waals surface area contributed by atoms with Gasteiger partial charge in [0, 0.05) is 33.4 Å². The lowest BCUT2D eigenvalue weighted by Gasteiger charge is -2.36. The number of nitrogens with zero attached hydrogens (tertiary/aromatic N) is 1. The smallest absolute Gasteiger partial charge is 0.382 e. The quantitative estimate of drug-likeness (QED) is 0.0937. The number of methoxy groups -OCH3 is 2. The average Bonchev–Trinajstić information content (AvgIpc) is 2.89. The molecular weight excluding hydrogens is 618 g/mol. The van der Waals surface area contributed by atoms with E-state index < -0.39 is 60.8 Å². The lowest BCUT2D eigenvalue weighted by Crippen LogP contribution is -2.66. The number of halogens is 12. The Labute approximate surface area is 232 Å². The van der Waals surface area contributed by atoms with Crippen LogP contribution in [0.25, 0.3) is 0 Å². The Morgan fingerprint density at radius 1 is 0.571 bits per heavy atom. The minimum Gasteiger partial charge on any atom is -0.382 e. The molecule has 0 fully saturated rings. The van der Waals surface area contributed by atoms with E-state index >= 15 is 0 Å². The molecule has 1 amide bonds. The van der Waals surface area contributed by atoms with Gasteiger partial charge in [-0.3, -0.25) is 4.79 Å². The summed E-state index contributed by atoms with van der Waals surface area (Å²) in [4.78, 5) is 12.8. The van der Waals surface area contributed by atoms with Gasteiger partial charge in [0.2, 0.25) is 5.91 Å². The number of hydrogen-bond donors (Lipinski definition) is 0. The van der Waals surface area contributed by atoms with Crippen LogP contribution < -0.4 is 0 Å². The van der Waals surface area contributed by atoms with Crippen LogP contribution in [0.2, 0.25) is 0 Å².